The summed E-state index contributed by atoms with van der Waals surface area (Å²) in [6, 6.07) is 2.45. The molecule has 20 heavy (non-hydrogen) atoms. The van der Waals surface area contributed by atoms with Crippen molar-refractivity contribution >= 4 is 11.8 Å². The Balaban J connectivity index is 2.36. The lowest BCUT2D eigenvalue weighted by molar-refractivity contribution is -0.364. The summed E-state index contributed by atoms with van der Waals surface area (Å²) in [6.45, 7) is 8.53. The van der Waals surface area contributed by atoms with Crippen LogP contribution in [0.5, 0.6) is 0 Å². The quantitative estimate of drug-likeness (QED) is 0.884. The SMILES string of the molecule is CC(C)c1cc(Cc2c[nH+]c(N)nc2N)n(C(C)C)n1. The highest BCUT2D eigenvalue weighted by Crippen LogP contribution is 2.21. The highest BCUT2D eigenvalue weighted by molar-refractivity contribution is 5.41. The van der Waals surface area contributed by atoms with Gasteiger partial charge in [0.2, 0.25) is 5.82 Å². The van der Waals surface area contributed by atoms with Gasteiger partial charge in [-0.15, -0.1) is 0 Å². The zero-order chi connectivity index (χ0) is 14.9. The van der Waals surface area contributed by atoms with Crippen molar-refractivity contribution < 1.29 is 4.98 Å². The fourth-order valence-corrected chi connectivity index (χ4v) is 2.12. The molecule has 0 atom stereocenters. The standard InChI is InChI=1S/C14H22N6/c1-8(2)12-6-11(20(19-12)9(3)4)5-10-7-17-14(16)18-13(10)15/h6-9H,5H2,1-4H3,(H4,15,16,17,18)/p+1. The topological polar surface area (TPSA) is 96.9 Å². The van der Waals surface area contributed by atoms with Crippen molar-refractivity contribution in [3.05, 3.63) is 29.2 Å². The highest BCUT2D eigenvalue weighted by atomic mass is 15.3. The molecule has 0 aliphatic rings. The van der Waals surface area contributed by atoms with Crippen molar-refractivity contribution in [2.24, 2.45) is 0 Å². The number of aromatic amines is 1. The minimum absolute atomic E-state index is 0.310. The van der Waals surface area contributed by atoms with Gasteiger partial charge >= 0.3 is 5.95 Å². The lowest BCUT2D eigenvalue weighted by Gasteiger charge is -2.10. The van der Waals surface area contributed by atoms with E-state index in [1.165, 1.54) is 0 Å². The molecule has 2 aromatic rings. The Morgan fingerprint density at radius 1 is 1.25 bits per heavy atom. The van der Waals surface area contributed by atoms with Gasteiger partial charge in [0.25, 0.3) is 0 Å². The van der Waals surface area contributed by atoms with Crippen LogP contribution in [0.15, 0.2) is 12.3 Å². The van der Waals surface area contributed by atoms with E-state index in [0.29, 0.717) is 30.1 Å². The Labute approximate surface area is 119 Å². The van der Waals surface area contributed by atoms with Crippen LogP contribution in [-0.4, -0.2) is 14.8 Å². The summed E-state index contributed by atoms with van der Waals surface area (Å²) in [7, 11) is 0. The van der Waals surface area contributed by atoms with Crippen molar-refractivity contribution in [2.75, 3.05) is 11.5 Å². The predicted molar refractivity (Wildman–Crippen MR) is 79.1 cm³/mol. The van der Waals surface area contributed by atoms with Crippen molar-refractivity contribution in [1.82, 2.24) is 14.8 Å². The molecule has 0 saturated heterocycles. The van der Waals surface area contributed by atoms with Crippen LogP contribution in [0, 0.1) is 0 Å². The average molecular weight is 275 g/mol. The second-order valence-corrected chi connectivity index (χ2v) is 5.63. The summed E-state index contributed by atoms with van der Waals surface area (Å²) >= 11 is 0. The van der Waals surface area contributed by atoms with Crippen LogP contribution in [0.2, 0.25) is 0 Å². The second kappa shape index (κ2) is 5.48. The summed E-state index contributed by atoms with van der Waals surface area (Å²) in [4.78, 5) is 6.95. The molecule has 0 amide bonds. The Kier molecular flexibility index (Phi) is 3.92. The average Bonchev–Trinajstić information content (AvgIpc) is 2.77. The fourth-order valence-electron chi connectivity index (χ4n) is 2.12. The molecule has 0 radical (unpaired) electrons. The fraction of sp³-hybridized carbons (Fsp3) is 0.500. The molecule has 0 unspecified atom stereocenters. The predicted octanol–water partition coefficient (Wildman–Crippen LogP) is 1.55. The van der Waals surface area contributed by atoms with Crippen molar-refractivity contribution in [1.29, 1.82) is 0 Å². The summed E-state index contributed by atoms with van der Waals surface area (Å²) in [5.41, 5.74) is 14.7. The number of nitrogens with zero attached hydrogens (tertiary/aromatic N) is 3. The van der Waals surface area contributed by atoms with Gasteiger partial charge in [0.15, 0.2) is 0 Å². The third-order valence-corrected chi connectivity index (χ3v) is 3.25. The molecule has 108 valence electrons. The van der Waals surface area contributed by atoms with Crippen LogP contribution in [0.1, 0.15) is 56.6 Å². The molecule has 0 aliphatic carbocycles. The van der Waals surface area contributed by atoms with Crippen LogP contribution in [-0.2, 0) is 6.42 Å². The molecule has 0 aliphatic heterocycles. The number of H-pyrrole nitrogens is 1. The molecule has 0 spiro atoms. The third kappa shape index (κ3) is 2.89. The molecule has 0 saturated carbocycles. The number of nitrogens with two attached hydrogens (primary N) is 2. The Bertz CT molecular complexity index is 600. The molecule has 0 fully saturated rings. The first-order valence-electron chi connectivity index (χ1n) is 6.89. The van der Waals surface area contributed by atoms with E-state index < -0.39 is 0 Å². The van der Waals surface area contributed by atoms with E-state index in [1.54, 1.807) is 0 Å². The van der Waals surface area contributed by atoms with Crippen LogP contribution in [0.3, 0.4) is 0 Å². The number of aromatic nitrogens is 4. The van der Waals surface area contributed by atoms with E-state index in [4.69, 9.17) is 11.5 Å². The number of hydrogen-bond donors (Lipinski definition) is 2. The maximum absolute atomic E-state index is 5.92. The summed E-state index contributed by atoms with van der Waals surface area (Å²) in [5.74, 6) is 1.19. The van der Waals surface area contributed by atoms with Crippen LogP contribution < -0.4 is 16.5 Å². The number of rotatable bonds is 4. The summed E-state index contributed by atoms with van der Waals surface area (Å²) < 4.78 is 2.05. The third-order valence-electron chi connectivity index (χ3n) is 3.25. The van der Waals surface area contributed by atoms with Crippen LogP contribution in [0.25, 0.3) is 0 Å². The smallest absolute Gasteiger partial charge is 0.370 e. The summed E-state index contributed by atoms with van der Waals surface area (Å²) in [6.07, 6.45) is 2.50. The molecule has 5 N–H and O–H groups in total. The molecule has 2 heterocycles. The molecule has 0 bridgehead atoms. The van der Waals surface area contributed by atoms with Gasteiger partial charge in [-0.1, -0.05) is 18.8 Å². The zero-order valence-electron chi connectivity index (χ0n) is 12.5. The number of hydrogen-bond acceptors (Lipinski definition) is 4. The van der Waals surface area contributed by atoms with E-state index in [-0.39, 0.29) is 0 Å². The van der Waals surface area contributed by atoms with E-state index in [2.05, 4.69) is 48.8 Å². The number of nitrogen functional groups attached to an aromatic ring is 2. The minimum Gasteiger partial charge on any atom is -0.370 e. The van der Waals surface area contributed by atoms with Gasteiger partial charge in [-0.25, -0.2) is 4.98 Å². The van der Waals surface area contributed by atoms with Gasteiger partial charge in [-0.05, 0) is 25.8 Å². The van der Waals surface area contributed by atoms with Crippen molar-refractivity contribution in [3.8, 4) is 0 Å². The van der Waals surface area contributed by atoms with Gasteiger partial charge in [0, 0.05) is 23.7 Å². The lowest BCUT2D eigenvalue weighted by Crippen LogP contribution is -2.17. The monoisotopic (exact) mass is 275 g/mol. The van der Waals surface area contributed by atoms with Gasteiger partial charge in [0.05, 0.1) is 11.9 Å². The lowest BCUT2D eigenvalue weighted by atomic mass is 10.1. The van der Waals surface area contributed by atoms with E-state index in [9.17, 15) is 0 Å². The first-order chi connectivity index (χ1) is 9.38. The zero-order valence-corrected chi connectivity index (χ0v) is 12.5. The molecular formula is C14H23N6+. The van der Waals surface area contributed by atoms with Crippen molar-refractivity contribution in [2.45, 2.75) is 46.1 Å². The maximum atomic E-state index is 5.92. The Morgan fingerprint density at radius 3 is 2.50 bits per heavy atom. The minimum atomic E-state index is 0.310. The Hall–Kier alpha value is -2.11. The first kappa shape index (κ1) is 14.3. The van der Waals surface area contributed by atoms with Gasteiger partial charge in [-0.2, -0.15) is 5.10 Å². The second-order valence-electron chi connectivity index (χ2n) is 5.63. The molecule has 0 aromatic carbocycles. The van der Waals surface area contributed by atoms with Crippen molar-refractivity contribution in [3.63, 3.8) is 0 Å². The van der Waals surface area contributed by atoms with Crippen LogP contribution >= 0.6 is 0 Å². The van der Waals surface area contributed by atoms with E-state index in [0.717, 1.165) is 17.0 Å². The van der Waals surface area contributed by atoms with E-state index >= 15 is 0 Å². The molecule has 2 aromatic heterocycles. The first-order valence-corrected chi connectivity index (χ1v) is 6.89. The van der Waals surface area contributed by atoms with E-state index in [1.807, 2.05) is 10.9 Å². The summed E-state index contributed by atoms with van der Waals surface area (Å²) in [5, 5.41) is 4.67. The van der Waals surface area contributed by atoms with Gasteiger partial charge in [-0.3, -0.25) is 10.4 Å². The largest absolute Gasteiger partial charge is 0.388 e. The van der Waals surface area contributed by atoms with Gasteiger partial charge < -0.3 is 5.73 Å². The van der Waals surface area contributed by atoms with Crippen LogP contribution in [0.4, 0.5) is 11.8 Å². The highest BCUT2D eigenvalue weighted by Gasteiger charge is 2.16. The molecular weight excluding hydrogens is 252 g/mol. The maximum Gasteiger partial charge on any atom is 0.388 e. The normalized spacial score (nSPS) is 11.5. The molecule has 6 nitrogen and oxygen atoms in total. The molecule has 2 rings (SSSR count). The molecule has 6 heteroatoms. The van der Waals surface area contributed by atoms with Gasteiger partial charge in [0.1, 0.15) is 0 Å². The number of anilines is 2. The Morgan fingerprint density at radius 2 is 1.95 bits per heavy atom. The number of nitrogens with one attached hydrogen (secondary N) is 1.